The molecule has 64 valence electrons. The number of thioether (sulfide) groups is 1. The van der Waals surface area contributed by atoms with E-state index >= 15 is 0 Å². The van der Waals surface area contributed by atoms with Crippen molar-refractivity contribution in [1.29, 1.82) is 0 Å². The summed E-state index contributed by atoms with van der Waals surface area (Å²) in [7, 11) is 0. The van der Waals surface area contributed by atoms with Gasteiger partial charge in [0, 0.05) is 10.6 Å². The number of aliphatic hydroxyl groups excluding tert-OH is 2. The summed E-state index contributed by atoms with van der Waals surface area (Å²) >= 11 is 1.59. The Morgan fingerprint density at radius 3 is 2.83 bits per heavy atom. The fourth-order valence-electron chi connectivity index (χ4n) is 1.33. The summed E-state index contributed by atoms with van der Waals surface area (Å²) < 4.78 is 0. The van der Waals surface area contributed by atoms with Crippen LogP contribution in [0.4, 0.5) is 0 Å². The van der Waals surface area contributed by atoms with Crippen molar-refractivity contribution >= 4 is 11.8 Å². The molecule has 0 saturated heterocycles. The summed E-state index contributed by atoms with van der Waals surface area (Å²) in [6.45, 7) is 0. The molecule has 1 aromatic rings. The molecule has 2 rings (SSSR count). The lowest BCUT2D eigenvalue weighted by Crippen LogP contribution is -2.24. The van der Waals surface area contributed by atoms with Crippen molar-refractivity contribution in [3.05, 3.63) is 29.8 Å². The van der Waals surface area contributed by atoms with Gasteiger partial charge in [0.25, 0.3) is 0 Å². The van der Waals surface area contributed by atoms with Crippen molar-refractivity contribution in [2.75, 3.05) is 5.75 Å². The Bertz CT molecular complexity index is 288. The molecule has 0 bridgehead atoms. The predicted molar refractivity (Wildman–Crippen MR) is 48.1 cm³/mol. The van der Waals surface area contributed by atoms with E-state index in [1.165, 1.54) is 0 Å². The molecule has 1 aromatic carbocycles. The maximum Gasteiger partial charge on any atom is 0.107 e. The standard InChI is InChI=1S/C9H10O2S/c10-7-5-12-8-4-2-1-3-6(8)9(7)11/h1-4,7,9-11H,5H2. The summed E-state index contributed by atoms with van der Waals surface area (Å²) in [5.41, 5.74) is 0.848. The molecule has 0 saturated carbocycles. The lowest BCUT2D eigenvalue weighted by atomic mass is 10.1. The molecule has 1 aliphatic rings. The Kier molecular flexibility index (Phi) is 2.09. The second-order valence-electron chi connectivity index (χ2n) is 2.86. The molecule has 1 heterocycles. The van der Waals surface area contributed by atoms with Crippen molar-refractivity contribution in [3.63, 3.8) is 0 Å². The fourth-order valence-corrected chi connectivity index (χ4v) is 2.39. The van der Waals surface area contributed by atoms with E-state index in [0.717, 1.165) is 10.5 Å². The van der Waals surface area contributed by atoms with Gasteiger partial charge in [-0.15, -0.1) is 11.8 Å². The fraction of sp³-hybridized carbons (Fsp3) is 0.333. The van der Waals surface area contributed by atoms with Gasteiger partial charge >= 0.3 is 0 Å². The van der Waals surface area contributed by atoms with Crippen LogP contribution in [-0.2, 0) is 0 Å². The maximum atomic E-state index is 9.57. The first-order valence-electron chi connectivity index (χ1n) is 3.87. The van der Waals surface area contributed by atoms with Crippen LogP contribution in [0.2, 0.25) is 0 Å². The van der Waals surface area contributed by atoms with Gasteiger partial charge in [-0.3, -0.25) is 0 Å². The highest BCUT2D eigenvalue weighted by atomic mass is 32.2. The molecule has 0 aromatic heterocycles. The van der Waals surface area contributed by atoms with Gasteiger partial charge in [0.2, 0.25) is 0 Å². The number of fused-ring (bicyclic) bond motifs is 1. The molecule has 3 heteroatoms. The second-order valence-corrected chi connectivity index (χ2v) is 3.92. The minimum atomic E-state index is -0.706. The van der Waals surface area contributed by atoms with Gasteiger partial charge in [-0.2, -0.15) is 0 Å². The van der Waals surface area contributed by atoms with Gasteiger partial charge in [0.05, 0.1) is 6.10 Å². The molecule has 0 spiro atoms. The van der Waals surface area contributed by atoms with E-state index in [2.05, 4.69) is 0 Å². The van der Waals surface area contributed by atoms with Crippen LogP contribution in [0.15, 0.2) is 29.2 Å². The SMILES string of the molecule is OC1CSc2ccccc2C1O. The zero-order chi connectivity index (χ0) is 8.55. The normalized spacial score (nSPS) is 28.2. The lowest BCUT2D eigenvalue weighted by Gasteiger charge is -2.25. The highest BCUT2D eigenvalue weighted by Crippen LogP contribution is 2.35. The molecule has 0 radical (unpaired) electrons. The van der Waals surface area contributed by atoms with Gasteiger partial charge in [0.1, 0.15) is 6.10 Å². The van der Waals surface area contributed by atoms with E-state index in [4.69, 9.17) is 0 Å². The molecule has 0 aliphatic carbocycles. The molecule has 0 amide bonds. The van der Waals surface area contributed by atoms with Crippen LogP contribution in [0.25, 0.3) is 0 Å². The highest BCUT2D eigenvalue weighted by Gasteiger charge is 2.25. The van der Waals surface area contributed by atoms with Crippen LogP contribution in [-0.4, -0.2) is 22.1 Å². The molecule has 2 N–H and O–H groups in total. The summed E-state index contributed by atoms with van der Waals surface area (Å²) in [6.07, 6.45) is -1.33. The monoisotopic (exact) mass is 182 g/mol. The minimum Gasteiger partial charge on any atom is -0.389 e. The third-order valence-electron chi connectivity index (χ3n) is 2.01. The van der Waals surface area contributed by atoms with Crippen LogP contribution >= 0.6 is 11.8 Å². The second kappa shape index (κ2) is 3.09. The van der Waals surface area contributed by atoms with Gasteiger partial charge in [-0.25, -0.2) is 0 Å². The number of benzene rings is 1. The van der Waals surface area contributed by atoms with Crippen molar-refractivity contribution in [1.82, 2.24) is 0 Å². The van der Waals surface area contributed by atoms with E-state index in [1.54, 1.807) is 11.8 Å². The Hall–Kier alpha value is -0.510. The molecular formula is C9H10O2S. The molecule has 1 aliphatic heterocycles. The van der Waals surface area contributed by atoms with E-state index in [-0.39, 0.29) is 0 Å². The number of hydrogen-bond acceptors (Lipinski definition) is 3. The molecule has 2 atom stereocenters. The van der Waals surface area contributed by atoms with Crippen molar-refractivity contribution in [2.45, 2.75) is 17.1 Å². The first kappa shape index (κ1) is 8.10. The molecule has 12 heavy (non-hydrogen) atoms. The first-order chi connectivity index (χ1) is 5.79. The number of hydrogen-bond donors (Lipinski definition) is 2. The van der Waals surface area contributed by atoms with Crippen LogP contribution < -0.4 is 0 Å². The minimum absolute atomic E-state index is 0.582. The third-order valence-corrected chi connectivity index (χ3v) is 3.20. The molecule has 0 fully saturated rings. The van der Waals surface area contributed by atoms with Crippen molar-refractivity contribution in [3.8, 4) is 0 Å². The molecular weight excluding hydrogens is 172 g/mol. The number of rotatable bonds is 0. The van der Waals surface area contributed by atoms with Gasteiger partial charge in [0.15, 0.2) is 0 Å². The zero-order valence-electron chi connectivity index (χ0n) is 6.47. The average Bonchev–Trinajstić information content (AvgIpc) is 2.12. The Morgan fingerprint density at radius 1 is 1.25 bits per heavy atom. The van der Waals surface area contributed by atoms with Crippen LogP contribution in [0, 0.1) is 0 Å². The highest BCUT2D eigenvalue weighted by molar-refractivity contribution is 7.99. The number of aliphatic hydroxyl groups is 2. The lowest BCUT2D eigenvalue weighted by molar-refractivity contribution is 0.0297. The van der Waals surface area contributed by atoms with E-state index in [9.17, 15) is 10.2 Å². The summed E-state index contributed by atoms with van der Waals surface area (Å²) in [5, 5.41) is 18.9. The maximum absolute atomic E-state index is 9.57. The van der Waals surface area contributed by atoms with E-state index < -0.39 is 12.2 Å². The van der Waals surface area contributed by atoms with Crippen molar-refractivity contribution in [2.24, 2.45) is 0 Å². The largest absolute Gasteiger partial charge is 0.389 e. The van der Waals surface area contributed by atoms with Crippen molar-refractivity contribution < 1.29 is 10.2 Å². The first-order valence-corrected chi connectivity index (χ1v) is 4.85. The van der Waals surface area contributed by atoms with E-state index in [0.29, 0.717) is 5.75 Å². The zero-order valence-corrected chi connectivity index (χ0v) is 7.29. The predicted octanol–water partition coefficient (Wildman–Crippen LogP) is 1.19. The molecule has 2 unspecified atom stereocenters. The van der Waals surface area contributed by atoms with Gasteiger partial charge in [-0.1, -0.05) is 18.2 Å². The topological polar surface area (TPSA) is 40.5 Å². The quantitative estimate of drug-likeness (QED) is 0.633. The third kappa shape index (κ3) is 1.24. The van der Waals surface area contributed by atoms with Gasteiger partial charge in [-0.05, 0) is 11.6 Å². The van der Waals surface area contributed by atoms with E-state index in [1.807, 2.05) is 24.3 Å². The molecule has 2 nitrogen and oxygen atoms in total. The summed E-state index contributed by atoms with van der Waals surface area (Å²) in [6, 6.07) is 7.64. The van der Waals surface area contributed by atoms with Crippen LogP contribution in [0.5, 0.6) is 0 Å². The Balaban J connectivity index is 2.42. The Morgan fingerprint density at radius 2 is 2.00 bits per heavy atom. The Labute approximate surface area is 75.2 Å². The van der Waals surface area contributed by atoms with Crippen LogP contribution in [0.1, 0.15) is 11.7 Å². The smallest absolute Gasteiger partial charge is 0.107 e. The van der Waals surface area contributed by atoms with Crippen LogP contribution in [0.3, 0.4) is 0 Å². The average molecular weight is 182 g/mol. The summed E-state index contributed by atoms with van der Waals surface area (Å²) in [4.78, 5) is 1.08. The van der Waals surface area contributed by atoms with Gasteiger partial charge < -0.3 is 10.2 Å². The summed E-state index contributed by atoms with van der Waals surface area (Å²) in [5.74, 6) is 0.582.